The van der Waals surface area contributed by atoms with E-state index in [9.17, 15) is 24.3 Å². The van der Waals surface area contributed by atoms with Gasteiger partial charge in [0, 0.05) is 86.7 Å². The number of phenols is 1. The Kier molecular flexibility index (Phi) is 10.6. The number of β-lactam (4-membered cyclic amide) rings is 1. The monoisotopic (exact) mass is 800 g/mol. The number of carbonyl (C=O) groups excluding carboxylic acids is 4. The number of piperidine rings is 2. The predicted octanol–water partition coefficient (Wildman–Crippen LogP) is 5.89. The Balaban J connectivity index is 0.880. The van der Waals surface area contributed by atoms with Crippen LogP contribution in [0.5, 0.6) is 11.5 Å². The van der Waals surface area contributed by atoms with Crippen LogP contribution in [0.2, 0.25) is 5.02 Å². The molecule has 2 N–H and O–H groups in total. The van der Waals surface area contributed by atoms with Crippen molar-refractivity contribution < 1.29 is 33.4 Å². The Bertz CT molecular complexity index is 2100. The number of halogens is 2. The summed E-state index contributed by atoms with van der Waals surface area (Å²) in [5, 5.41) is 13.5. The van der Waals surface area contributed by atoms with Crippen molar-refractivity contribution >= 4 is 52.3 Å². The molecule has 0 saturated carbocycles. The topological polar surface area (TPSA) is 126 Å². The average Bonchev–Trinajstić information content (AvgIpc) is 3.54. The number of amides is 4. The molecule has 5 aliphatic rings. The van der Waals surface area contributed by atoms with Gasteiger partial charge < -0.3 is 24.5 Å². The molecule has 5 aliphatic heterocycles. The van der Waals surface area contributed by atoms with E-state index in [4.69, 9.17) is 16.3 Å². The highest BCUT2D eigenvalue weighted by Crippen LogP contribution is 2.59. The van der Waals surface area contributed by atoms with Crippen molar-refractivity contribution in [1.29, 1.82) is 0 Å². The molecule has 302 valence electrons. The van der Waals surface area contributed by atoms with E-state index in [1.54, 1.807) is 30.2 Å². The van der Waals surface area contributed by atoms with Crippen LogP contribution in [0, 0.1) is 17.2 Å². The Hall–Kier alpha value is -4.88. The molecule has 8 rings (SSSR count). The molecule has 0 unspecified atom stereocenters. The van der Waals surface area contributed by atoms with Gasteiger partial charge in [0.05, 0.1) is 29.9 Å². The number of hydrogen-bond donors (Lipinski definition) is 2. The van der Waals surface area contributed by atoms with Crippen LogP contribution >= 0.6 is 11.6 Å². The summed E-state index contributed by atoms with van der Waals surface area (Å²) in [6, 6.07) is 12.6. The highest BCUT2D eigenvalue weighted by molar-refractivity contribution is 6.31. The minimum Gasteiger partial charge on any atom is -0.506 e. The second-order valence-corrected chi connectivity index (χ2v) is 16.5. The average molecular weight is 801 g/mol. The minimum absolute atomic E-state index is 0.0706. The van der Waals surface area contributed by atoms with Crippen LogP contribution in [0.1, 0.15) is 79.9 Å². The standard InChI is InChI=1S/C43H50ClFN6O6/c1-4-43(5-2)39(51(42(43)56)35-21-28(44)6-10-36(35)52)31-22-32(45)34(23-37(31)57-3)49-14-12-26(13-15-49)24-47-16-18-48(19-17-47)29-7-8-30-27(20-29)25-50(41(30)55)33-9-11-38(53)46-40(33)54/h6-8,10,20-23,26,33,39,52H,4-5,9,11-19,24-25H2,1-3H3,(H,46,53,54)/t33-,39-/m0/s1. The van der Waals surface area contributed by atoms with E-state index in [1.807, 2.05) is 26.0 Å². The Morgan fingerprint density at radius 1 is 0.895 bits per heavy atom. The molecule has 0 radical (unpaired) electrons. The molecule has 12 nitrogen and oxygen atoms in total. The number of benzene rings is 3. The SMILES string of the molecule is CCC1(CC)C(=O)N(c2cc(Cl)ccc2O)[C@H]1c1cc(F)c(N2CCC(CN3CCN(c4ccc5c(c4)CN([C@H]4CCC(=O)NC4=O)C5=O)CC3)CC2)cc1OC. The number of anilines is 3. The summed E-state index contributed by atoms with van der Waals surface area (Å²) in [6.07, 6.45) is 3.53. The molecule has 0 aromatic heterocycles. The smallest absolute Gasteiger partial charge is 0.255 e. The maximum absolute atomic E-state index is 16.2. The van der Waals surface area contributed by atoms with Gasteiger partial charge in [-0.25, -0.2) is 4.39 Å². The molecule has 4 saturated heterocycles. The quantitative estimate of drug-likeness (QED) is 0.191. The van der Waals surface area contributed by atoms with E-state index in [0.717, 1.165) is 56.8 Å². The fourth-order valence-electron chi connectivity index (χ4n) is 9.83. The zero-order valence-corrected chi connectivity index (χ0v) is 33.5. The van der Waals surface area contributed by atoms with Crippen LogP contribution < -0.4 is 24.8 Å². The largest absolute Gasteiger partial charge is 0.506 e. The van der Waals surface area contributed by atoms with Gasteiger partial charge in [0.2, 0.25) is 17.7 Å². The lowest BCUT2D eigenvalue weighted by atomic mass is 9.64. The van der Waals surface area contributed by atoms with Gasteiger partial charge in [-0.05, 0) is 86.1 Å². The van der Waals surface area contributed by atoms with Crippen molar-refractivity contribution in [3.63, 3.8) is 0 Å². The molecule has 0 spiro atoms. The zero-order valence-electron chi connectivity index (χ0n) is 32.7. The van der Waals surface area contributed by atoms with E-state index in [0.29, 0.717) is 78.1 Å². The van der Waals surface area contributed by atoms with Gasteiger partial charge in [-0.1, -0.05) is 25.4 Å². The summed E-state index contributed by atoms with van der Waals surface area (Å²) in [6.45, 7) is 10.2. The molecule has 0 bridgehead atoms. The van der Waals surface area contributed by atoms with Crippen molar-refractivity contribution in [3.05, 3.63) is 76.1 Å². The number of nitrogens with zero attached hydrogens (tertiary/aromatic N) is 5. The summed E-state index contributed by atoms with van der Waals surface area (Å²) < 4.78 is 22.1. The number of ether oxygens (including phenoxy) is 1. The lowest BCUT2D eigenvalue weighted by Crippen LogP contribution is -2.63. The summed E-state index contributed by atoms with van der Waals surface area (Å²) in [4.78, 5) is 61.1. The molecule has 3 aromatic rings. The van der Waals surface area contributed by atoms with Crippen LogP contribution in [0.25, 0.3) is 0 Å². The molecule has 5 heterocycles. The third-order valence-corrected chi connectivity index (χ3v) is 13.4. The van der Waals surface area contributed by atoms with Crippen LogP contribution in [0.15, 0.2) is 48.5 Å². The number of methoxy groups -OCH3 is 1. The van der Waals surface area contributed by atoms with Crippen LogP contribution in [0.4, 0.5) is 21.5 Å². The second kappa shape index (κ2) is 15.5. The van der Waals surface area contributed by atoms with E-state index in [1.165, 1.54) is 17.0 Å². The number of fused-ring (bicyclic) bond motifs is 1. The van der Waals surface area contributed by atoms with Crippen molar-refractivity contribution in [3.8, 4) is 11.5 Å². The number of hydrogen-bond acceptors (Lipinski definition) is 9. The van der Waals surface area contributed by atoms with E-state index < -0.39 is 23.4 Å². The Labute approximate surface area is 337 Å². The first-order chi connectivity index (χ1) is 27.5. The van der Waals surface area contributed by atoms with Crippen LogP contribution in [0.3, 0.4) is 0 Å². The minimum atomic E-state index is -0.775. The lowest BCUT2D eigenvalue weighted by Gasteiger charge is -2.56. The summed E-state index contributed by atoms with van der Waals surface area (Å²) in [5.41, 5.74) is 3.17. The van der Waals surface area contributed by atoms with E-state index >= 15 is 4.39 Å². The van der Waals surface area contributed by atoms with Crippen LogP contribution in [-0.2, 0) is 20.9 Å². The number of imide groups is 1. The normalized spacial score (nSPS) is 22.8. The lowest BCUT2D eigenvalue weighted by molar-refractivity contribution is -0.141. The predicted molar refractivity (Wildman–Crippen MR) is 215 cm³/mol. The highest BCUT2D eigenvalue weighted by Gasteiger charge is 2.60. The fraction of sp³-hybridized carbons (Fsp3) is 0.488. The van der Waals surface area contributed by atoms with Gasteiger partial charge in [0.1, 0.15) is 23.4 Å². The fourth-order valence-corrected chi connectivity index (χ4v) is 9.99. The van der Waals surface area contributed by atoms with Crippen molar-refractivity contribution in [2.45, 2.75) is 71.0 Å². The maximum atomic E-state index is 16.2. The number of nitrogens with one attached hydrogen (secondary N) is 1. The van der Waals surface area contributed by atoms with Gasteiger partial charge in [0.15, 0.2) is 0 Å². The van der Waals surface area contributed by atoms with Crippen molar-refractivity contribution in [2.24, 2.45) is 11.3 Å². The number of rotatable bonds is 10. The third-order valence-electron chi connectivity index (χ3n) is 13.2. The summed E-state index contributed by atoms with van der Waals surface area (Å²) >= 11 is 6.29. The van der Waals surface area contributed by atoms with Crippen molar-refractivity contribution in [2.75, 3.05) is 67.6 Å². The highest BCUT2D eigenvalue weighted by atomic mass is 35.5. The molecule has 14 heteroatoms. The zero-order chi connectivity index (χ0) is 40.2. The summed E-state index contributed by atoms with van der Waals surface area (Å²) in [7, 11) is 1.57. The molecule has 0 aliphatic carbocycles. The van der Waals surface area contributed by atoms with Gasteiger partial charge in [0.25, 0.3) is 5.91 Å². The maximum Gasteiger partial charge on any atom is 0.255 e. The summed E-state index contributed by atoms with van der Waals surface area (Å²) in [5.74, 6) is -0.442. The molecule has 2 atom stereocenters. The van der Waals surface area contributed by atoms with Gasteiger partial charge >= 0.3 is 0 Å². The molecule has 3 aromatic carbocycles. The third kappa shape index (κ3) is 6.86. The number of piperazine rings is 1. The first kappa shape index (κ1) is 39.0. The molecule has 4 fully saturated rings. The first-order valence-electron chi connectivity index (χ1n) is 20.2. The van der Waals surface area contributed by atoms with Crippen molar-refractivity contribution in [1.82, 2.24) is 15.1 Å². The second-order valence-electron chi connectivity index (χ2n) is 16.1. The number of phenolic OH excluding ortho intramolecular Hbond substituents is 1. The molecular formula is C43H50ClFN6O6. The molecule has 4 amide bonds. The first-order valence-corrected chi connectivity index (χ1v) is 20.5. The molecule has 57 heavy (non-hydrogen) atoms. The number of carbonyl (C=O) groups is 4. The van der Waals surface area contributed by atoms with Gasteiger partial charge in [-0.3, -0.25) is 34.3 Å². The molecular weight excluding hydrogens is 751 g/mol. The number of aromatic hydroxyl groups is 1. The van der Waals surface area contributed by atoms with Crippen LogP contribution in [-0.4, -0.2) is 97.5 Å². The van der Waals surface area contributed by atoms with Gasteiger partial charge in [-0.2, -0.15) is 0 Å². The Morgan fingerprint density at radius 2 is 1.63 bits per heavy atom. The Morgan fingerprint density at radius 3 is 2.32 bits per heavy atom. The van der Waals surface area contributed by atoms with E-state index in [2.05, 4.69) is 26.1 Å². The van der Waals surface area contributed by atoms with E-state index in [-0.39, 0.29) is 35.7 Å². The van der Waals surface area contributed by atoms with Gasteiger partial charge in [-0.15, -0.1) is 0 Å².